The zero-order valence-electron chi connectivity index (χ0n) is 11.6. The van der Waals surface area contributed by atoms with Gasteiger partial charge in [-0.25, -0.2) is 0 Å². The summed E-state index contributed by atoms with van der Waals surface area (Å²) in [4.78, 5) is 0. The number of rotatable bonds is 5. The summed E-state index contributed by atoms with van der Waals surface area (Å²) in [6.45, 7) is 4.48. The van der Waals surface area contributed by atoms with Crippen molar-refractivity contribution in [3.63, 3.8) is 0 Å². The molecule has 2 aromatic rings. The van der Waals surface area contributed by atoms with E-state index in [1.54, 1.807) is 0 Å². The van der Waals surface area contributed by atoms with Crippen molar-refractivity contribution in [1.82, 2.24) is 0 Å². The zero-order valence-corrected chi connectivity index (χ0v) is 11.6. The van der Waals surface area contributed by atoms with Crippen LogP contribution in [0.1, 0.15) is 25.8 Å². The molecule has 0 fully saturated rings. The molecule has 0 atom stereocenters. The second-order valence-corrected chi connectivity index (χ2v) is 5.10. The Morgan fingerprint density at radius 2 is 1.53 bits per heavy atom. The van der Waals surface area contributed by atoms with E-state index in [9.17, 15) is 0 Å². The molecule has 0 spiro atoms. The number of para-hydroxylation sites is 1. The van der Waals surface area contributed by atoms with Gasteiger partial charge in [-0.2, -0.15) is 0 Å². The standard InChI is InChI=1S/C18H21N/c1-15(2)13-14-18(16-9-5-3-6-10-16)19-17-11-7-4-8-12-17/h3-12,14-15,19H,13H2,1-2H3/b18-14-. The van der Waals surface area contributed by atoms with Gasteiger partial charge in [-0.3, -0.25) is 0 Å². The first-order chi connectivity index (χ1) is 9.25. The molecule has 19 heavy (non-hydrogen) atoms. The van der Waals surface area contributed by atoms with E-state index in [1.165, 1.54) is 11.3 Å². The molecule has 0 amide bonds. The average Bonchev–Trinajstić information content (AvgIpc) is 2.45. The first-order valence-corrected chi connectivity index (χ1v) is 6.83. The van der Waals surface area contributed by atoms with Gasteiger partial charge in [0.2, 0.25) is 0 Å². The molecule has 2 aromatic carbocycles. The van der Waals surface area contributed by atoms with Gasteiger partial charge in [0.05, 0.1) is 0 Å². The molecule has 0 aliphatic rings. The maximum absolute atomic E-state index is 3.51. The van der Waals surface area contributed by atoms with Crippen molar-refractivity contribution in [2.45, 2.75) is 20.3 Å². The first kappa shape index (κ1) is 13.4. The van der Waals surface area contributed by atoms with Crippen molar-refractivity contribution in [2.24, 2.45) is 5.92 Å². The third-order valence-electron chi connectivity index (χ3n) is 2.93. The summed E-state index contributed by atoms with van der Waals surface area (Å²) in [5.41, 5.74) is 3.54. The second-order valence-electron chi connectivity index (χ2n) is 5.10. The van der Waals surface area contributed by atoms with Gasteiger partial charge >= 0.3 is 0 Å². The maximum atomic E-state index is 3.51. The Morgan fingerprint density at radius 3 is 2.11 bits per heavy atom. The minimum Gasteiger partial charge on any atom is -0.355 e. The summed E-state index contributed by atoms with van der Waals surface area (Å²) in [5.74, 6) is 0.663. The number of benzene rings is 2. The molecule has 0 bridgehead atoms. The summed E-state index contributed by atoms with van der Waals surface area (Å²) in [6.07, 6.45) is 3.36. The van der Waals surface area contributed by atoms with Gasteiger partial charge in [0.15, 0.2) is 0 Å². The summed E-state index contributed by atoms with van der Waals surface area (Å²) in [5, 5.41) is 3.51. The minimum absolute atomic E-state index is 0.663. The Morgan fingerprint density at radius 1 is 0.947 bits per heavy atom. The molecule has 2 rings (SSSR count). The number of allylic oxidation sites excluding steroid dienone is 1. The number of hydrogen-bond acceptors (Lipinski definition) is 1. The molecule has 1 N–H and O–H groups in total. The molecule has 0 radical (unpaired) electrons. The van der Waals surface area contributed by atoms with Crippen LogP contribution in [0, 0.1) is 5.92 Å². The average molecular weight is 251 g/mol. The van der Waals surface area contributed by atoms with E-state index >= 15 is 0 Å². The highest BCUT2D eigenvalue weighted by Crippen LogP contribution is 2.19. The molecule has 0 aromatic heterocycles. The molecular formula is C18H21N. The molecule has 0 aliphatic heterocycles. The fourth-order valence-electron chi connectivity index (χ4n) is 1.89. The lowest BCUT2D eigenvalue weighted by atomic mass is 10.1. The molecule has 98 valence electrons. The van der Waals surface area contributed by atoms with Gasteiger partial charge < -0.3 is 5.32 Å². The quantitative estimate of drug-likeness (QED) is 0.771. The summed E-state index contributed by atoms with van der Waals surface area (Å²) < 4.78 is 0. The van der Waals surface area contributed by atoms with Crippen molar-refractivity contribution < 1.29 is 0 Å². The van der Waals surface area contributed by atoms with Crippen LogP contribution in [0.3, 0.4) is 0 Å². The van der Waals surface area contributed by atoms with E-state index in [0.29, 0.717) is 5.92 Å². The van der Waals surface area contributed by atoms with Crippen LogP contribution in [0.5, 0.6) is 0 Å². The Kier molecular flexibility index (Phi) is 4.79. The second kappa shape index (κ2) is 6.79. The largest absolute Gasteiger partial charge is 0.355 e. The van der Waals surface area contributed by atoms with Crippen molar-refractivity contribution in [2.75, 3.05) is 5.32 Å². The Balaban J connectivity index is 2.22. The zero-order chi connectivity index (χ0) is 13.5. The van der Waals surface area contributed by atoms with Gasteiger partial charge in [0.25, 0.3) is 0 Å². The van der Waals surface area contributed by atoms with Crippen molar-refractivity contribution in [3.8, 4) is 0 Å². The summed E-state index contributed by atoms with van der Waals surface area (Å²) in [6, 6.07) is 20.8. The van der Waals surface area contributed by atoms with Crippen LogP contribution in [0.25, 0.3) is 5.70 Å². The highest BCUT2D eigenvalue weighted by atomic mass is 14.9. The Bertz CT molecular complexity index is 512. The van der Waals surface area contributed by atoms with Gasteiger partial charge in [-0.15, -0.1) is 0 Å². The van der Waals surface area contributed by atoms with Crippen molar-refractivity contribution in [3.05, 3.63) is 72.3 Å². The summed E-state index contributed by atoms with van der Waals surface area (Å²) >= 11 is 0. The van der Waals surface area contributed by atoms with Crippen LogP contribution in [-0.2, 0) is 0 Å². The maximum Gasteiger partial charge on any atom is 0.0417 e. The predicted molar refractivity (Wildman–Crippen MR) is 83.9 cm³/mol. The predicted octanol–water partition coefficient (Wildman–Crippen LogP) is 5.19. The monoisotopic (exact) mass is 251 g/mol. The fourth-order valence-corrected chi connectivity index (χ4v) is 1.89. The van der Waals surface area contributed by atoms with Crippen LogP contribution in [0.15, 0.2) is 66.7 Å². The van der Waals surface area contributed by atoms with Gasteiger partial charge in [-0.05, 0) is 30.0 Å². The Hall–Kier alpha value is -2.02. The first-order valence-electron chi connectivity index (χ1n) is 6.83. The topological polar surface area (TPSA) is 12.0 Å². The lowest BCUT2D eigenvalue weighted by molar-refractivity contribution is 0.664. The SMILES string of the molecule is CC(C)C/C=C(\Nc1ccccc1)c1ccccc1. The molecular weight excluding hydrogens is 230 g/mol. The van der Waals surface area contributed by atoms with E-state index in [-0.39, 0.29) is 0 Å². The van der Waals surface area contributed by atoms with E-state index < -0.39 is 0 Å². The molecule has 0 unspecified atom stereocenters. The lowest BCUT2D eigenvalue weighted by Crippen LogP contribution is -1.99. The van der Waals surface area contributed by atoms with E-state index in [2.05, 4.69) is 61.6 Å². The van der Waals surface area contributed by atoms with Gasteiger partial charge in [-0.1, -0.05) is 68.5 Å². The van der Waals surface area contributed by atoms with Crippen molar-refractivity contribution in [1.29, 1.82) is 0 Å². The molecule has 0 aliphatic carbocycles. The van der Waals surface area contributed by atoms with Crippen LogP contribution >= 0.6 is 0 Å². The van der Waals surface area contributed by atoms with E-state index in [0.717, 1.165) is 12.1 Å². The molecule has 0 heterocycles. The van der Waals surface area contributed by atoms with Gasteiger partial charge in [0, 0.05) is 11.4 Å². The van der Waals surface area contributed by atoms with Crippen molar-refractivity contribution >= 4 is 11.4 Å². The Labute approximate surface area is 116 Å². The molecule has 0 saturated carbocycles. The highest BCUT2D eigenvalue weighted by molar-refractivity contribution is 5.76. The van der Waals surface area contributed by atoms with Crippen LogP contribution in [0.4, 0.5) is 5.69 Å². The molecule has 1 nitrogen and oxygen atoms in total. The van der Waals surface area contributed by atoms with Crippen LogP contribution in [0.2, 0.25) is 0 Å². The number of anilines is 1. The third-order valence-corrected chi connectivity index (χ3v) is 2.93. The highest BCUT2D eigenvalue weighted by Gasteiger charge is 2.02. The van der Waals surface area contributed by atoms with Crippen LogP contribution < -0.4 is 5.32 Å². The molecule has 0 saturated heterocycles. The summed E-state index contributed by atoms with van der Waals surface area (Å²) in [7, 11) is 0. The normalized spacial score (nSPS) is 11.6. The van der Waals surface area contributed by atoms with E-state index in [4.69, 9.17) is 0 Å². The van der Waals surface area contributed by atoms with Crippen LogP contribution in [-0.4, -0.2) is 0 Å². The van der Waals surface area contributed by atoms with Gasteiger partial charge in [0.1, 0.15) is 0 Å². The van der Waals surface area contributed by atoms with E-state index in [1.807, 2.05) is 24.3 Å². The smallest absolute Gasteiger partial charge is 0.0417 e. The fraction of sp³-hybridized carbons (Fsp3) is 0.222. The minimum atomic E-state index is 0.663. The lowest BCUT2D eigenvalue weighted by Gasteiger charge is -2.12. The number of nitrogens with one attached hydrogen (secondary N) is 1. The number of hydrogen-bond donors (Lipinski definition) is 1. The molecule has 1 heteroatoms. The third kappa shape index (κ3) is 4.29.